The summed E-state index contributed by atoms with van der Waals surface area (Å²) in [6, 6.07) is 18.0. The molecule has 0 atom stereocenters. The van der Waals surface area contributed by atoms with Crippen molar-refractivity contribution in [1.29, 1.82) is 0 Å². The van der Waals surface area contributed by atoms with E-state index in [1.165, 1.54) is 12.8 Å². The Bertz CT molecular complexity index is 845. The van der Waals surface area contributed by atoms with Crippen LogP contribution >= 0.6 is 0 Å². The Kier molecular flexibility index (Phi) is 5.36. The fourth-order valence-electron chi connectivity index (χ4n) is 4.78. The molecule has 146 valence electrons. The molecule has 3 nitrogen and oxygen atoms in total. The maximum absolute atomic E-state index is 11.2. The van der Waals surface area contributed by atoms with Crippen molar-refractivity contribution in [3.05, 3.63) is 72.3 Å². The monoisotopic (exact) mass is 376 g/mol. The molecule has 0 amide bonds. The fourth-order valence-corrected chi connectivity index (χ4v) is 4.78. The van der Waals surface area contributed by atoms with Crippen LogP contribution in [0.2, 0.25) is 0 Å². The summed E-state index contributed by atoms with van der Waals surface area (Å²) in [6.45, 7) is 2.23. The van der Waals surface area contributed by atoms with E-state index in [-0.39, 0.29) is 11.4 Å². The number of para-hydroxylation sites is 1. The van der Waals surface area contributed by atoms with Gasteiger partial charge in [0.05, 0.1) is 12.2 Å². The molecular weight excluding hydrogens is 348 g/mol. The van der Waals surface area contributed by atoms with E-state index in [1.807, 2.05) is 42.5 Å². The van der Waals surface area contributed by atoms with Crippen molar-refractivity contribution in [2.45, 2.75) is 57.7 Å². The van der Waals surface area contributed by atoms with Gasteiger partial charge in [-0.2, -0.15) is 0 Å². The van der Waals surface area contributed by atoms with E-state index in [2.05, 4.69) is 18.2 Å². The van der Waals surface area contributed by atoms with E-state index in [1.54, 1.807) is 13.0 Å². The van der Waals surface area contributed by atoms with Gasteiger partial charge in [0.2, 0.25) is 0 Å². The molecule has 2 fully saturated rings. The van der Waals surface area contributed by atoms with Crippen LogP contribution in [0.4, 0.5) is 0 Å². The van der Waals surface area contributed by atoms with Crippen LogP contribution in [0.3, 0.4) is 0 Å². The van der Waals surface area contributed by atoms with Crippen LogP contribution in [0.15, 0.2) is 66.7 Å². The molecule has 0 saturated heterocycles. The molecule has 2 bridgehead atoms. The molecule has 0 heterocycles. The second-order valence-electron chi connectivity index (χ2n) is 8.43. The molecule has 3 heteroatoms. The summed E-state index contributed by atoms with van der Waals surface area (Å²) < 4.78 is 12.4. The number of hydrogen-bond acceptors (Lipinski definition) is 3. The third-order valence-corrected chi connectivity index (χ3v) is 6.24. The first-order valence-electron chi connectivity index (χ1n) is 10.2. The average molecular weight is 376 g/mol. The largest absolute Gasteiger partial charge is 0.457 e. The quantitative estimate of drug-likeness (QED) is 0.512. The molecule has 0 aliphatic heterocycles. The molecule has 2 aliphatic carbocycles. The number of ether oxygens (including phenoxy) is 2. The van der Waals surface area contributed by atoms with Crippen molar-refractivity contribution in [3.8, 4) is 11.5 Å². The summed E-state index contributed by atoms with van der Waals surface area (Å²) in [7, 11) is 0. The topological polar surface area (TPSA) is 35.5 Å². The first kappa shape index (κ1) is 18.9. The molecule has 2 aliphatic rings. The molecule has 0 N–H and O–H groups in total. The van der Waals surface area contributed by atoms with E-state index >= 15 is 0 Å². The van der Waals surface area contributed by atoms with E-state index in [0.717, 1.165) is 42.7 Å². The minimum atomic E-state index is 0.0142. The standard InChI is InChI=1S/C25H28O3/c1-20(26)7-6-12-24-13-15-25(19-24,16-14-24)27-18-21-8-5-11-23(17-21)28-22-9-3-2-4-10-22/h2-11,17H,12-16,18-19H2,1H3/b7-6+. The lowest BCUT2D eigenvalue weighted by atomic mass is 9.81. The lowest BCUT2D eigenvalue weighted by molar-refractivity contribution is -0.112. The van der Waals surface area contributed by atoms with Gasteiger partial charge < -0.3 is 9.47 Å². The second kappa shape index (κ2) is 7.92. The number of fused-ring (bicyclic) bond motifs is 2. The highest BCUT2D eigenvalue weighted by molar-refractivity contribution is 5.87. The van der Waals surface area contributed by atoms with Crippen LogP contribution < -0.4 is 4.74 Å². The molecule has 0 spiro atoms. The van der Waals surface area contributed by atoms with E-state index in [4.69, 9.17) is 9.47 Å². The number of rotatable bonds is 8. The van der Waals surface area contributed by atoms with Crippen LogP contribution in [-0.4, -0.2) is 11.4 Å². The van der Waals surface area contributed by atoms with Gasteiger partial charge in [0, 0.05) is 0 Å². The number of carbonyl (C=O) groups is 1. The summed E-state index contributed by atoms with van der Waals surface area (Å²) in [5.41, 5.74) is 1.49. The third kappa shape index (κ3) is 4.36. The Labute approximate surface area is 167 Å². The smallest absolute Gasteiger partial charge is 0.152 e. The number of ketones is 1. The predicted molar refractivity (Wildman–Crippen MR) is 110 cm³/mol. The van der Waals surface area contributed by atoms with Crippen LogP contribution in [0, 0.1) is 5.41 Å². The Hall–Kier alpha value is -2.39. The van der Waals surface area contributed by atoms with Gasteiger partial charge in [0.1, 0.15) is 11.5 Å². The normalized spacial score (nSPS) is 26.0. The first-order valence-corrected chi connectivity index (χ1v) is 10.2. The van der Waals surface area contributed by atoms with Crippen LogP contribution in [0.1, 0.15) is 51.0 Å². The summed E-state index contributed by atoms with van der Waals surface area (Å²) in [5.74, 6) is 1.81. The number of benzene rings is 2. The maximum Gasteiger partial charge on any atom is 0.152 e. The SMILES string of the molecule is CC(=O)/C=C/CC12CCC(OCc3cccc(Oc4ccccc4)c3)(CC1)C2. The predicted octanol–water partition coefficient (Wildman–Crippen LogP) is 6.23. The zero-order valence-corrected chi connectivity index (χ0v) is 16.5. The second-order valence-corrected chi connectivity index (χ2v) is 8.43. The van der Waals surface area contributed by atoms with E-state index in [9.17, 15) is 4.79 Å². The summed E-state index contributed by atoms with van der Waals surface area (Å²) in [4.78, 5) is 11.2. The fraction of sp³-hybridized carbons (Fsp3) is 0.400. The average Bonchev–Trinajstić information content (AvgIpc) is 3.24. The van der Waals surface area contributed by atoms with Gasteiger partial charge in [-0.25, -0.2) is 0 Å². The summed E-state index contributed by atoms with van der Waals surface area (Å²) in [6.07, 6.45) is 10.5. The minimum Gasteiger partial charge on any atom is -0.457 e. The Balaban J connectivity index is 1.35. The van der Waals surface area contributed by atoms with Crippen LogP contribution in [0.5, 0.6) is 11.5 Å². The van der Waals surface area contributed by atoms with E-state index in [0.29, 0.717) is 12.0 Å². The molecule has 28 heavy (non-hydrogen) atoms. The molecule has 2 saturated carbocycles. The first-order chi connectivity index (χ1) is 13.6. The highest BCUT2D eigenvalue weighted by Gasteiger charge is 2.54. The van der Waals surface area contributed by atoms with Crippen molar-refractivity contribution in [2.24, 2.45) is 5.41 Å². The maximum atomic E-state index is 11.2. The van der Waals surface area contributed by atoms with Gasteiger partial charge >= 0.3 is 0 Å². The van der Waals surface area contributed by atoms with E-state index < -0.39 is 0 Å². The highest BCUT2D eigenvalue weighted by atomic mass is 16.5. The van der Waals surface area contributed by atoms with Crippen molar-refractivity contribution in [1.82, 2.24) is 0 Å². The Morgan fingerprint density at radius 2 is 1.75 bits per heavy atom. The van der Waals surface area contributed by atoms with Gasteiger partial charge in [0.15, 0.2) is 5.78 Å². The molecule has 0 radical (unpaired) electrons. The van der Waals surface area contributed by atoms with Gasteiger partial charge in [-0.1, -0.05) is 36.4 Å². The zero-order chi connectivity index (χ0) is 19.5. The molecule has 2 aromatic rings. The molecule has 0 aromatic heterocycles. The molecule has 0 unspecified atom stereocenters. The zero-order valence-electron chi connectivity index (χ0n) is 16.5. The lowest BCUT2D eigenvalue weighted by Gasteiger charge is -2.27. The van der Waals surface area contributed by atoms with Crippen molar-refractivity contribution in [2.75, 3.05) is 0 Å². The summed E-state index contributed by atoms with van der Waals surface area (Å²) in [5, 5.41) is 0. The van der Waals surface area contributed by atoms with Crippen molar-refractivity contribution in [3.63, 3.8) is 0 Å². The lowest BCUT2D eigenvalue weighted by Crippen LogP contribution is -2.26. The highest BCUT2D eigenvalue weighted by Crippen LogP contribution is 2.60. The number of carbonyl (C=O) groups excluding carboxylic acids is 1. The van der Waals surface area contributed by atoms with Gasteiger partial charge in [0.25, 0.3) is 0 Å². The Morgan fingerprint density at radius 3 is 2.50 bits per heavy atom. The van der Waals surface area contributed by atoms with Crippen LogP contribution in [-0.2, 0) is 16.1 Å². The summed E-state index contributed by atoms with van der Waals surface area (Å²) >= 11 is 0. The van der Waals surface area contributed by atoms with Crippen molar-refractivity contribution < 1.29 is 14.3 Å². The van der Waals surface area contributed by atoms with Gasteiger partial charge in [-0.3, -0.25) is 4.79 Å². The van der Waals surface area contributed by atoms with Crippen molar-refractivity contribution >= 4 is 5.78 Å². The van der Waals surface area contributed by atoms with Gasteiger partial charge in [-0.15, -0.1) is 0 Å². The molecule has 4 rings (SSSR count). The van der Waals surface area contributed by atoms with Gasteiger partial charge in [-0.05, 0) is 86.8 Å². The Morgan fingerprint density at radius 1 is 1.00 bits per heavy atom. The number of hydrogen-bond donors (Lipinski definition) is 0. The third-order valence-electron chi connectivity index (χ3n) is 6.24. The van der Waals surface area contributed by atoms with Crippen LogP contribution in [0.25, 0.3) is 0 Å². The molecule has 2 aromatic carbocycles. The number of allylic oxidation sites excluding steroid dienone is 2. The molecular formula is C25H28O3. The minimum absolute atomic E-state index is 0.0142.